The van der Waals surface area contributed by atoms with Gasteiger partial charge in [-0.3, -0.25) is 9.89 Å². The van der Waals surface area contributed by atoms with Crippen molar-refractivity contribution in [3.8, 4) is 0 Å². The van der Waals surface area contributed by atoms with Crippen molar-refractivity contribution in [1.29, 1.82) is 0 Å². The zero-order valence-electron chi connectivity index (χ0n) is 11.8. The summed E-state index contributed by atoms with van der Waals surface area (Å²) in [6.07, 6.45) is 6.62. The van der Waals surface area contributed by atoms with E-state index in [0.29, 0.717) is 5.69 Å². The fourth-order valence-corrected chi connectivity index (χ4v) is 3.29. The van der Waals surface area contributed by atoms with Crippen LogP contribution < -0.4 is 10.0 Å². The summed E-state index contributed by atoms with van der Waals surface area (Å²) < 4.78 is 26.9. The Bertz CT molecular complexity index is 738. The number of anilines is 1. The number of aliphatic imine (C=N–C) groups is 1. The first-order chi connectivity index (χ1) is 10.5. The van der Waals surface area contributed by atoms with Crippen LogP contribution in [0, 0.1) is 0 Å². The molecule has 0 bridgehead atoms. The molecule has 0 aromatic heterocycles. The van der Waals surface area contributed by atoms with Crippen molar-refractivity contribution in [3.05, 3.63) is 36.5 Å². The monoisotopic (exact) mass is 320 g/mol. The summed E-state index contributed by atoms with van der Waals surface area (Å²) in [6, 6.07) is 5.87. The number of benzene rings is 1. The van der Waals surface area contributed by atoms with Gasteiger partial charge >= 0.3 is 6.03 Å². The maximum atomic E-state index is 12.2. The van der Waals surface area contributed by atoms with Gasteiger partial charge in [0.1, 0.15) is 6.67 Å². The minimum atomic E-state index is -3.53. The number of carbonyl (C=O) groups is 1. The molecule has 2 N–H and O–H groups in total. The number of hydrogen-bond donors (Lipinski definition) is 2. The largest absolute Gasteiger partial charge is 0.327 e. The van der Waals surface area contributed by atoms with Crippen LogP contribution in [-0.2, 0) is 10.0 Å². The smallest absolute Gasteiger partial charge is 0.307 e. The van der Waals surface area contributed by atoms with Crippen LogP contribution >= 0.6 is 0 Å². The van der Waals surface area contributed by atoms with Crippen LogP contribution in [0.3, 0.4) is 0 Å². The number of urea groups is 1. The van der Waals surface area contributed by atoms with Gasteiger partial charge in [-0.15, -0.1) is 0 Å². The van der Waals surface area contributed by atoms with Gasteiger partial charge in [-0.25, -0.2) is 17.9 Å². The molecule has 2 amide bonds. The van der Waals surface area contributed by atoms with Crippen LogP contribution in [0.4, 0.5) is 10.5 Å². The van der Waals surface area contributed by atoms with Crippen molar-refractivity contribution in [2.24, 2.45) is 4.99 Å². The molecule has 116 valence electrons. The van der Waals surface area contributed by atoms with Gasteiger partial charge in [0, 0.05) is 24.1 Å². The van der Waals surface area contributed by atoms with E-state index in [4.69, 9.17) is 0 Å². The molecule has 22 heavy (non-hydrogen) atoms. The second-order valence-electron chi connectivity index (χ2n) is 5.14. The first-order valence-corrected chi connectivity index (χ1v) is 8.39. The lowest BCUT2D eigenvalue weighted by molar-refractivity contribution is 0.229. The number of hydrogen-bond acceptors (Lipinski definition) is 4. The van der Waals surface area contributed by atoms with Crippen LogP contribution in [0.2, 0.25) is 0 Å². The first kappa shape index (κ1) is 14.7. The first-order valence-electron chi connectivity index (χ1n) is 6.91. The van der Waals surface area contributed by atoms with E-state index in [1.54, 1.807) is 30.6 Å². The fraction of sp³-hybridized carbons (Fsp3) is 0.286. The van der Waals surface area contributed by atoms with E-state index in [1.165, 1.54) is 17.0 Å². The number of carbonyl (C=O) groups excluding carboxylic acids is 1. The highest BCUT2D eigenvalue weighted by Gasteiger charge is 2.28. The molecule has 0 radical (unpaired) electrons. The Morgan fingerprint density at radius 1 is 1.32 bits per heavy atom. The fourth-order valence-electron chi connectivity index (χ4n) is 1.94. The predicted molar refractivity (Wildman–Crippen MR) is 83.1 cm³/mol. The zero-order chi connectivity index (χ0) is 15.6. The highest BCUT2D eigenvalue weighted by molar-refractivity contribution is 7.89. The number of amides is 2. The molecule has 1 aromatic carbocycles. The van der Waals surface area contributed by atoms with Crippen LogP contribution in [0.5, 0.6) is 0 Å². The summed E-state index contributed by atoms with van der Waals surface area (Å²) in [4.78, 5) is 17.5. The van der Waals surface area contributed by atoms with Crippen LogP contribution in [0.15, 0.2) is 46.4 Å². The van der Waals surface area contributed by atoms with Gasteiger partial charge in [-0.1, -0.05) is 6.07 Å². The van der Waals surface area contributed by atoms with Crippen molar-refractivity contribution in [2.45, 2.75) is 23.8 Å². The van der Waals surface area contributed by atoms with E-state index in [1.807, 2.05) is 0 Å². The highest BCUT2D eigenvalue weighted by atomic mass is 32.2. The average Bonchev–Trinajstić information content (AvgIpc) is 3.32. The molecule has 7 nitrogen and oxygen atoms in total. The van der Waals surface area contributed by atoms with Crippen molar-refractivity contribution < 1.29 is 13.2 Å². The van der Waals surface area contributed by atoms with Gasteiger partial charge in [-0.2, -0.15) is 0 Å². The Kier molecular flexibility index (Phi) is 3.95. The minimum absolute atomic E-state index is 0.0413. The van der Waals surface area contributed by atoms with Gasteiger partial charge in [0.2, 0.25) is 10.0 Å². The lowest BCUT2D eigenvalue weighted by Gasteiger charge is -2.18. The second-order valence-corrected chi connectivity index (χ2v) is 6.85. The topological polar surface area (TPSA) is 90.9 Å². The maximum Gasteiger partial charge on any atom is 0.327 e. The van der Waals surface area contributed by atoms with Crippen molar-refractivity contribution in [1.82, 2.24) is 9.62 Å². The van der Waals surface area contributed by atoms with Crippen LogP contribution in [0.25, 0.3) is 0 Å². The minimum Gasteiger partial charge on any atom is -0.307 e. The van der Waals surface area contributed by atoms with E-state index < -0.39 is 10.0 Å². The summed E-state index contributed by atoms with van der Waals surface area (Å²) in [7, 11) is -3.53. The third-order valence-electron chi connectivity index (χ3n) is 3.25. The summed E-state index contributed by atoms with van der Waals surface area (Å²) >= 11 is 0. The van der Waals surface area contributed by atoms with E-state index in [-0.39, 0.29) is 23.6 Å². The van der Waals surface area contributed by atoms with Crippen LogP contribution in [-0.4, -0.2) is 38.3 Å². The van der Waals surface area contributed by atoms with Gasteiger partial charge < -0.3 is 5.32 Å². The summed E-state index contributed by atoms with van der Waals surface area (Å²) in [5.74, 6) is 0. The zero-order valence-corrected chi connectivity index (χ0v) is 12.6. The molecular weight excluding hydrogens is 304 g/mol. The Balaban J connectivity index is 1.72. The molecular formula is C14H16N4O3S. The molecule has 1 heterocycles. The highest BCUT2D eigenvalue weighted by Crippen LogP contribution is 2.23. The molecule has 8 heteroatoms. The lowest BCUT2D eigenvalue weighted by atomic mass is 10.3. The SMILES string of the molecule is O=C(Nc1cccc(S(=O)(=O)NC2CC2)c1)N1C=CC=NC1. The van der Waals surface area contributed by atoms with E-state index in [9.17, 15) is 13.2 Å². The predicted octanol–water partition coefficient (Wildman–Crippen LogP) is 1.52. The molecule has 1 aliphatic carbocycles. The Morgan fingerprint density at radius 3 is 2.82 bits per heavy atom. The molecule has 1 aliphatic heterocycles. The molecule has 1 aromatic rings. The second kappa shape index (κ2) is 5.90. The number of nitrogens with one attached hydrogen (secondary N) is 2. The molecule has 0 spiro atoms. The molecule has 2 aliphatic rings. The van der Waals surface area contributed by atoms with E-state index in [2.05, 4.69) is 15.0 Å². The average molecular weight is 320 g/mol. The number of nitrogens with zero attached hydrogens (tertiary/aromatic N) is 2. The normalized spacial score (nSPS) is 17.5. The van der Waals surface area contributed by atoms with E-state index >= 15 is 0 Å². The van der Waals surface area contributed by atoms with Crippen molar-refractivity contribution in [3.63, 3.8) is 0 Å². The molecule has 3 rings (SSSR count). The van der Waals surface area contributed by atoms with Crippen molar-refractivity contribution >= 4 is 28.0 Å². The number of rotatable bonds is 4. The third kappa shape index (κ3) is 3.52. The van der Waals surface area contributed by atoms with Crippen LogP contribution in [0.1, 0.15) is 12.8 Å². The molecule has 0 unspecified atom stereocenters. The maximum absolute atomic E-state index is 12.2. The quantitative estimate of drug-likeness (QED) is 0.881. The third-order valence-corrected chi connectivity index (χ3v) is 4.77. The van der Waals surface area contributed by atoms with E-state index in [0.717, 1.165) is 12.8 Å². The summed E-state index contributed by atoms with van der Waals surface area (Å²) in [5.41, 5.74) is 0.423. The lowest BCUT2D eigenvalue weighted by Crippen LogP contribution is -2.32. The summed E-state index contributed by atoms with van der Waals surface area (Å²) in [5, 5.41) is 2.66. The van der Waals surface area contributed by atoms with Gasteiger partial charge in [0.25, 0.3) is 0 Å². The molecule has 1 fully saturated rings. The Hall–Kier alpha value is -2.19. The van der Waals surface area contributed by atoms with Gasteiger partial charge in [0.05, 0.1) is 4.90 Å². The number of allylic oxidation sites excluding steroid dienone is 1. The standard InChI is InChI=1S/C14H16N4O3S/c19-14(18-8-2-7-15-10-18)16-12-3-1-4-13(9-12)22(20,21)17-11-5-6-11/h1-4,7-9,11,17H,5-6,10H2,(H,16,19). The summed E-state index contributed by atoms with van der Waals surface area (Å²) in [6.45, 7) is 0.240. The molecule has 0 atom stereocenters. The Labute approximate surface area is 128 Å². The van der Waals surface area contributed by atoms with Crippen molar-refractivity contribution in [2.75, 3.05) is 12.0 Å². The number of sulfonamides is 1. The Morgan fingerprint density at radius 2 is 2.14 bits per heavy atom. The van der Waals surface area contributed by atoms with Gasteiger partial charge in [0.15, 0.2) is 0 Å². The molecule has 0 saturated heterocycles. The molecule has 1 saturated carbocycles. The van der Waals surface area contributed by atoms with Gasteiger partial charge in [-0.05, 0) is 37.1 Å².